The molecule has 0 aliphatic rings. The minimum atomic E-state index is -0.0782. The molecule has 0 saturated heterocycles. The van der Waals surface area contributed by atoms with Crippen molar-refractivity contribution in [3.8, 4) is 11.4 Å². The van der Waals surface area contributed by atoms with Gasteiger partial charge in [0.05, 0.1) is 18.6 Å². The Balaban J connectivity index is 1.54. The lowest BCUT2D eigenvalue weighted by Gasteiger charge is -2.08. The smallest absolute Gasteiger partial charge is 0.230 e. The molecule has 146 valence electrons. The molecule has 0 aliphatic carbocycles. The predicted octanol–water partition coefficient (Wildman–Crippen LogP) is 3.20. The Kier molecular flexibility index (Phi) is 6.65. The lowest BCUT2D eigenvalue weighted by molar-refractivity contribution is -0.118. The topological polar surface area (TPSA) is 81.9 Å². The van der Waals surface area contributed by atoms with E-state index in [9.17, 15) is 4.79 Å². The maximum Gasteiger partial charge on any atom is 0.230 e. The summed E-state index contributed by atoms with van der Waals surface area (Å²) in [5, 5.41) is 15.3. The highest BCUT2D eigenvalue weighted by Crippen LogP contribution is 2.20. The third-order valence-electron chi connectivity index (χ3n) is 4.23. The van der Waals surface area contributed by atoms with E-state index < -0.39 is 0 Å². The molecule has 0 aliphatic heterocycles. The zero-order chi connectivity index (χ0) is 19.9. The summed E-state index contributed by atoms with van der Waals surface area (Å²) in [6, 6.07) is 15.7. The van der Waals surface area contributed by atoms with Gasteiger partial charge < -0.3 is 10.1 Å². The van der Waals surface area contributed by atoms with E-state index in [2.05, 4.69) is 46.8 Å². The molecule has 7 nitrogen and oxygen atoms in total. The number of ether oxygens (including phenoxy) is 1. The highest BCUT2D eigenvalue weighted by atomic mass is 32.2. The Hall–Kier alpha value is -2.87. The number of tetrazole rings is 1. The van der Waals surface area contributed by atoms with E-state index in [0.29, 0.717) is 17.6 Å². The van der Waals surface area contributed by atoms with Gasteiger partial charge in [0.25, 0.3) is 0 Å². The fourth-order valence-electron chi connectivity index (χ4n) is 2.56. The Labute approximate surface area is 168 Å². The van der Waals surface area contributed by atoms with E-state index in [4.69, 9.17) is 4.74 Å². The van der Waals surface area contributed by atoms with Gasteiger partial charge in [-0.1, -0.05) is 49.9 Å². The van der Waals surface area contributed by atoms with Crippen molar-refractivity contribution >= 4 is 17.7 Å². The fraction of sp³-hybridized carbons (Fsp3) is 0.300. The van der Waals surface area contributed by atoms with Gasteiger partial charge in [-0.25, -0.2) is 0 Å². The molecular formula is C20H23N5O2S. The van der Waals surface area contributed by atoms with Gasteiger partial charge >= 0.3 is 0 Å². The second kappa shape index (κ2) is 9.36. The van der Waals surface area contributed by atoms with E-state index in [1.807, 2.05) is 36.4 Å². The first-order chi connectivity index (χ1) is 13.6. The molecule has 0 fully saturated rings. The molecule has 0 atom stereocenters. The van der Waals surface area contributed by atoms with Crippen LogP contribution in [0.2, 0.25) is 0 Å². The molecular weight excluding hydrogens is 374 g/mol. The first-order valence-corrected chi connectivity index (χ1v) is 9.96. The molecule has 3 aromatic rings. The molecule has 0 bridgehead atoms. The van der Waals surface area contributed by atoms with Crippen molar-refractivity contribution < 1.29 is 9.53 Å². The van der Waals surface area contributed by atoms with Gasteiger partial charge in [-0.3, -0.25) is 4.79 Å². The van der Waals surface area contributed by atoms with Gasteiger partial charge in [0.2, 0.25) is 11.1 Å². The van der Waals surface area contributed by atoms with Crippen molar-refractivity contribution in [2.45, 2.75) is 31.5 Å². The number of nitrogens with one attached hydrogen (secondary N) is 1. The summed E-state index contributed by atoms with van der Waals surface area (Å²) in [6.45, 7) is 4.76. The summed E-state index contributed by atoms with van der Waals surface area (Å²) in [6.07, 6.45) is 0. The van der Waals surface area contributed by atoms with Crippen LogP contribution in [0.4, 0.5) is 0 Å². The molecule has 0 spiro atoms. The molecule has 1 heterocycles. The molecule has 1 aromatic heterocycles. The van der Waals surface area contributed by atoms with Crippen molar-refractivity contribution in [3.63, 3.8) is 0 Å². The van der Waals surface area contributed by atoms with E-state index in [-0.39, 0.29) is 11.7 Å². The number of methoxy groups -OCH3 is 1. The number of hydrogen-bond donors (Lipinski definition) is 1. The zero-order valence-electron chi connectivity index (χ0n) is 16.1. The van der Waals surface area contributed by atoms with Crippen molar-refractivity contribution in [2.24, 2.45) is 0 Å². The van der Waals surface area contributed by atoms with Gasteiger partial charge in [-0.05, 0) is 51.7 Å². The number of thioether (sulfide) groups is 1. The first kappa shape index (κ1) is 19.9. The van der Waals surface area contributed by atoms with Crippen LogP contribution in [-0.2, 0) is 11.3 Å². The van der Waals surface area contributed by atoms with Crippen LogP contribution in [0.3, 0.4) is 0 Å². The van der Waals surface area contributed by atoms with Gasteiger partial charge in [0.15, 0.2) is 0 Å². The summed E-state index contributed by atoms with van der Waals surface area (Å²) in [7, 11) is 1.63. The number of benzene rings is 2. The minimum Gasteiger partial charge on any atom is -0.497 e. The van der Waals surface area contributed by atoms with Gasteiger partial charge in [-0.15, -0.1) is 5.10 Å². The standard InChI is InChI=1S/C20H23N5O2S/c1-14(2)16-6-8-17(9-7-16)25-20(22-23-24-25)28-13-19(26)21-12-15-4-10-18(27-3)11-5-15/h4-11,14H,12-13H2,1-3H3,(H,21,26). The molecule has 2 aromatic carbocycles. The molecule has 1 N–H and O–H groups in total. The molecule has 0 saturated carbocycles. The number of carbonyl (C=O) groups is 1. The van der Waals surface area contributed by atoms with E-state index in [1.165, 1.54) is 17.3 Å². The maximum absolute atomic E-state index is 12.2. The molecule has 1 amide bonds. The lowest BCUT2D eigenvalue weighted by Crippen LogP contribution is -2.24. The van der Waals surface area contributed by atoms with Crippen LogP contribution in [0.5, 0.6) is 5.75 Å². The van der Waals surface area contributed by atoms with Gasteiger partial charge in [-0.2, -0.15) is 4.68 Å². The lowest BCUT2D eigenvalue weighted by atomic mass is 10.0. The summed E-state index contributed by atoms with van der Waals surface area (Å²) < 4.78 is 6.77. The number of aromatic nitrogens is 4. The number of rotatable bonds is 8. The van der Waals surface area contributed by atoms with Crippen LogP contribution in [0.25, 0.3) is 5.69 Å². The number of carbonyl (C=O) groups excluding carboxylic acids is 1. The minimum absolute atomic E-state index is 0.0782. The molecule has 0 unspecified atom stereocenters. The molecule has 0 radical (unpaired) electrons. The second-order valence-electron chi connectivity index (χ2n) is 6.53. The van der Waals surface area contributed by atoms with Crippen molar-refractivity contribution in [3.05, 3.63) is 59.7 Å². The highest BCUT2D eigenvalue weighted by Gasteiger charge is 2.12. The van der Waals surface area contributed by atoms with Crippen LogP contribution in [0.1, 0.15) is 30.9 Å². The summed E-state index contributed by atoms with van der Waals surface area (Å²) in [5.74, 6) is 1.41. The Morgan fingerprint density at radius 3 is 2.50 bits per heavy atom. The van der Waals surface area contributed by atoms with Crippen molar-refractivity contribution in [1.82, 2.24) is 25.5 Å². The average Bonchev–Trinajstić information content (AvgIpc) is 3.19. The number of hydrogen-bond acceptors (Lipinski definition) is 6. The third kappa shape index (κ3) is 5.10. The van der Waals surface area contributed by atoms with Gasteiger partial charge in [0.1, 0.15) is 5.75 Å². The maximum atomic E-state index is 12.2. The van der Waals surface area contributed by atoms with Crippen LogP contribution in [-0.4, -0.2) is 39.0 Å². The monoisotopic (exact) mass is 397 g/mol. The third-order valence-corrected chi connectivity index (χ3v) is 5.15. The van der Waals surface area contributed by atoms with E-state index >= 15 is 0 Å². The average molecular weight is 398 g/mol. The molecule has 28 heavy (non-hydrogen) atoms. The van der Waals surface area contributed by atoms with Crippen LogP contribution in [0, 0.1) is 0 Å². The van der Waals surface area contributed by atoms with Crippen LogP contribution >= 0.6 is 11.8 Å². The van der Waals surface area contributed by atoms with Crippen molar-refractivity contribution in [1.29, 1.82) is 0 Å². The summed E-state index contributed by atoms with van der Waals surface area (Å²) in [4.78, 5) is 12.2. The second-order valence-corrected chi connectivity index (χ2v) is 7.48. The van der Waals surface area contributed by atoms with Crippen molar-refractivity contribution in [2.75, 3.05) is 12.9 Å². The van der Waals surface area contributed by atoms with Crippen LogP contribution in [0.15, 0.2) is 53.7 Å². The molecule has 3 rings (SSSR count). The summed E-state index contributed by atoms with van der Waals surface area (Å²) in [5.41, 5.74) is 3.13. The number of nitrogens with zero attached hydrogens (tertiary/aromatic N) is 4. The summed E-state index contributed by atoms with van der Waals surface area (Å²) >= 11 is 1.30. The number of amides is 1. The predicted molar refractivity (Wildman–Crippen MR) is 109 cm³/mol. The Bertz CT molecular complexity index is 907. The van der Waals surface area contributed by atoms with Crippen LogP contribution < -0.4 is 10.1 Å². The quantitative estimate of drug-likeness (QED) is 0.588. The SMILES string of the molecule is COc1ccc(CNC(=O)CSc2nnnn2-c2ccc(C(C)C)cc2)cc1. The fourth-order valence-corrected chi connectivity index (χ4v) is 3.28. The Morgan fingerprint density at radius 1 is 1.14 bits per heavy atom. The Morgan fingerprint density at radius 2 is 1.86 bits per heavy atom. The largest absolute Gasteiger partial charge is 0.497 e. The molecule has 8 heteroatoms. The highest BCUT2D eigenvalue weighted by molar-refractivity contribution is 7.99. The normalized spacial score (nSPS) is 10.9. The first-order valence-electron chi connectivity index (χ1n) is 8.98. The zero-order valence-corrected chi connectivity index (χ0v) is 16.9. The van der Waals surface area contributed by atoms with E-state index in [0.717, 1.165) is 17.0 Å². The van der Waals surface area contributed by atoms with Gasteiger partial charge in [0, 0.05) is 6.54 Å². The van der Waals surface area contributed by atoms with E-state index in [1.54, 1.807) is 11.8 Å².